The minimum Gasteiger partial charge on any atom is -0.412 e. The Balaban J connectivity index is 0.842. The van der Waals surface area contributed by atoms with Gasteiger partial charge in [0.2, 0.25) is 0 Å². The molecule has 10 heterocycles. The standard InChI is InChI=1S/C105H110N16O8S3Si2/c1-23-46-130(122,123)66-35-43-74-82(54-66)99-117-90(74)109-94-78-50-60(29-39-70(78)86(107-94)116-98-83-55-67(131(124,125)47-24-2)36-44-75(83)91(118-98)120-100-84-56-68(132(126,127)48-25-3)37-45-76(84)92(119-99)121-100)27-31-62(58-129-134(21,22)105(16,17)18)61(57-128-133(19,20)104(13,14)15)30-26-59-28-38-69-77(49-59)93-106-85(69)110-95-80-52-64(102(7,8)9)33-41-72(80)88(112-95)114-97-81-53-65(103(10,11)12)34-42-73(81)89(115-97)113-96-79-51-63(101(4,5)6)32-40-71(79)87(108-93)111-96/h28-29,32-45,49-56H,23-25,46-48,57-58H2,1-22H3,(H2,106,108,110,111,112,113,114,115)(H2,107,109,116,117,118,119,120,121)/b62-61+. The van der Waals surface area contributed by atoms with E-state index in [2.05, 4.69) is 228 Å². The molecule has 6 aromatic heterocycles. The lowest BCUT2D eigenvalue weighted by atomic mass is 9.85. The minimum atomic E-state index is -3.79. The van der Waals surface area contributed by atoms with Crippen molar-refractivity contribution in [3.63, 3.8) is 0 Å². The maximum Gasteiger partial charge on any atom is 0.192 e. The summed E-state index contributed by atoms with van der Waals surface area (Å²) in [6, 6.07) is 45.4. The van der Waals surface area contributed by atoms with Gasteiger partial charge in [0.15, 0.2) is 92.7 Å². The Bertz CT molecular complexity index is 8240. The van der Waals surface area contributed by atoms with E-state index in [0.717, 1.165) is 54.9 Å². The summed E-state index contributed by atoms with van der Waals surface area (Å²) in [5.74, 6) is 16.7. The highest BCUT2D eigenvalue weighted by molar-refractivity contribution is 7.92. The summed E-state index contributed by atoms with van der Waals surface area (Å²) in [4.78, 5) is 78.3. The van der Waals surface area contributed by atoms with E-state index in [1.807, 2.05) is 50.2 Å². The Labute approximate surface area is 783 Å². The van der Waals surface area contributed by atoms with Gasteiger partial charge in [-0.05, 0) is 198 Å². The van der Waals surface area contributed by atoms with Crippen LogP contribution >= 0.6 is 0 Å². The second-order valence-electron chi connectivity index (χ2n) is 41.4. The summed E-state index contributed by atoms with van der Waals surface area (Å²) in [6.45, 7) is 47.5. The lowest BCUT2D eigenvalue weighted by molar-refractivity contribution is 0.308. The highest BCUT2D eigenvalue weighted by atomic mass is 32.2. The number of aromatic nitrogens is 16. The molecule has 24 nitrogen and oxygen atoms in total. The molecule has 0 spiro atoms. The van der Waals surface area contributed by atoms with Crippen molar-refractivity contribution in [2.24, 2.45) is 0 Å². The zero-order chi connectivity index (χ0) is 95.4. The van der Waals surface area contributed by atoms with Gasteiger partial charge in [-0.1, -0.05) is 185 Å². The number of fused-ring (bicyclic) bond motifs is 40. The molecule has 684 valence electrons. The fraction of sp³-hybridized carbons (Fsp3) is 0.333. The van der Waals surface area contributed by atoms with Crippen molar-refractivity contribution in [2.75, 3.05) is 30.5 Å². The fourth-order valence-electron chi connectivity index (χ4n) is 16.5. The molecule has 8 aromatic carbocycles. The van der Waals surface area contributed by atoms with Gasteiger partial charge < -0.3 is 28.8 Å². The summed E-state index contributed by atoms with van der Waals surface area (Å²) in [7, 11) is -16.4. The highest BCUT2D eigenvalue weighted by Gasteiger charge is 2.40. The molecule has 14 aromatic rings. The molecule has 16 bridgehead atoms. The molecule has 0 atom stereocenters. The van der Waals surface area contributed by atoms with E-state index in [0.29, 0.717) is 137 Å². The molecule has 29 heteroatoms. The maximum atomic E-state index is 14.0. The number of nitrogens with zero attached hydrogens (tertiary/aromatic N) is 12. The average Bonchev–Trinajstić information content (AvgIpc) is 1.61. The number of H-pyrrole nitrogens is 4. The van der Waals surface area contributed by atoms with Crippen LogP contribution in [0.3, 0.4) is 0 Å². The highest BCUT2D eigenvalue weighted by Crippen LogP contribution is 2.46. The van der Waals surface area contributed by atoms with E-state index in [-0.39, 0.29) is 117 Å². The number of rotatable bonds is 15. The Morgan fingerprint density at radius 2 is 0.537 bits per heavy atom. The monoisotopic (exact) mass is 1870 g/mol. The van der Waals surface area contributed by atoms with Gasteiger partial charge in [-0.25, -0.2) is 85.1 Å². The second kappa shape index (κ2) is 33.3. The molecule has 0 amide bonds. The van der Waals surface area contributed by atoms with E-state index in [4.69, 9.17) is 68.7 Å². The lowest BCUT2D eigenvalue weighted by Crippen LogP contribution is -2.42. The van der Waals surface area contributed by atoms with Gasteiger partial charge in [0, 0.05) is 110 Å². The third-order valence-corrected chi connectivity index (χ3v) is 41.2. The number of nitrogens with one attached hydrogen (secondary N) is 4. The van der Waals surface area contributed by atoms with Crippen LogP contribution in [0.15, 0.2) is 171 Å². The quantitative estimate of drug-likeness (QED) is 0.0547. The van der Waals surface area contributed by atoms with Gasteiger partial charge >= 0.3 is 0 Å². The van der Waals surface area contributed by atoms with Crippen LogP contribution < -0.4 is 0 Å². The maximum absolute atomic E-state index is 14.0. The zero-order valence-electron chi connectivity index (χ0n) is 79.9. The number of sulfone groups is 3. The third-order valence-electron chi connectivity index (χ3n) is 26.5. The molecule has 0 radical (unpaired) electrons. The average molecular weight is 1880 g/mol. The molecule has 4 N–H and O–H groups in total. The predicted octanol–water partition coefficient (Wildman–Crippen LogP) is 23.2. The normalized spacial score (nSPS) is 13.5. The smallest absolute Gasteiger partial charge is 0.192 e. The summed E-state index contributed by atoms with van der Waals surface area (Å²) in [5.41, 5.74) is 13.5. The first kappa shape index (κ1) is 92.0. The van der Waals surface area contributed by atoms with Crippen LogP contribution in [0.25, 0.3) is 179 Å². The topological polar surface area (TPSA) is 339 Å². The minimum absolute atomic E-state index is 0.0614. The van der Waals surface area contributed by atoms with E-state index in [9.17, 15) is 25.3 Å². The van der Waals surface area contributed by atoms with E-state index < -0.39 is 46.1 Å². The van der Waals surface area contributed by atoms with E-state index in [1.165, 1.54) is 6.07 Å². The van der Waals surface area contributed by atoms with E-state index in [1.54, 1.807) is 55.5 Å². The van der Waals surface area contributed by atoms with E-state index >= 15 is 0 Å². The number of hydrogen-bond donors (Lipinski definition) is 4. The second-order valence-corrected chi connectivity index (χ2v) is 57.4. The number of aromatic amines is 4. The van der Waals surface area contributed by atoms with Crippen molar-refractivity contribution in [3.05, 3.63) is 185 Å². The Hall–Kier alpha value is -12.5. The largest absolute Gasteiger partial charge is 0.412 e. The van der Waals surface area contributed by atoms with Crippen molar-refractivity contribution in [2.45, 2.75) is 211 Å². The predicted molar refractivity (Wildman–Crippen MR) is 542 cm³/mol. The number of hydrogen-bond acceptors (Lipinski definition) is 20. The molecule has 0 saturated heterocycles. The first-order valence-corrected chi connectivity index (χ1v) is 56.3. The van der Waals surface area contributed by atoms with Gasteiger partial charge in [-0.2, -0.15) is 0 Å². The van der Waals surface area contributed by atoms with Crippen molar-refractivity contribution < 1.29 is 34.1 Å². The Kier molecular flexibility index (Phi) is 22.8. The van der Waals surface area contributed by atoms with Crippen LogP contribution in [0.1, 0.15) is 172 Å². The molecular formula is C105H110N16O8S3Si2. The zero-order valence-corrected chi connectivity index (χ0v) is 84.3. The third kappa shape index (κ3) is 17.3. The number of benzene rings is 8. The summed E-state index contributed by atoms with van der Waals surface area (Å²) >= 11 is 0. The van der Waals surface area contributed by atoms with Crippen LogP contribution in [0, 0.1) is 23.7 Å². The van der Waals surface area contributed by atoms with Crippen LogP contribution in [-0.2, 0) is 54.6 Å². The fourth-order valence-corrected chi connectivity index (χ4v) is 22.4. The summed E-state index contributed by atoms with van der Waals surface area (Å²) < 4.78 is 98.4. The molecule has 0 saturated carbocycles. The van der Waals surface area contributed by atoms with Crippen LogP contribution in [0.2, 0.25) is 36.3 Å². The van der Waals surface area contributed by atoms with Crippen LogP contribution in [0.5, 0.6) is 0 Å². The van der Waals surface area contributed by atoms with Gasteiger partial charge in [0.1, 0.15) is 45.2 Å². The molecule has 134 heavy (non-hydrogen) atoms. The molecule has 4 aliphatic heterocycles. The van der Waals surface area contributed by atoms with Gasteiger partial charge in [-0.3, -0.25) is 0 Å². The van der Waals surface area contributed by atoms with Crippen molar-refractivity contribution >= 4 is 134 Å². The first-order chi connectivity index (χ1) is 63.0. The molecule has 18 rings (SSSR count). The van der Waals surface area contributed by atoms with Crippen LogP contribution in [0.4, 0.5) is 0 Å². The van der Waals surface area contributed by atoms with Gasteiger partial charge in [0.25, 0.3) is 0 Å². The first-order valence-electron chi connectivity index (χ1n) is 45.6. The lowest BCUT2D eigenvalue weighted by Gasteiger charge is -2.37. The molecule has 4 aliphatic rings. The van der Waals surface area contributed by atoms with Crippen LogP contribution in [-0.4, -0.2) is 152 Å². The van der Waals surface area contributed by atoms with Crippen molar-refractivity contribution in [1.82, 2.24) is 79.7 Å². The Morgan fingerprint density at radius 3 is 0.851 bits per heavy atom. The SMILES string of the molecule is CCCS(=O)(=O)c1ccc2c(c1)-c1nc-2nc2[nH]c(nc3nc(nc4[nH]c(n1)c1ccc(S(=O)(=O)CCC)cc41)-c1ccc(C#C/C(CO[Si](C)(C)C(C)(C)C)=C(/C#Cc4ccc5c(c4)-c4nc-5nc5[nH]c(nc6nc(nc7[nH]c(n4)c4ccc(C(C)(C)C)cc74)-c4ccc(C(C)(C)C)cc4-6)c4ccc(C(C)(C)C)cc54)CO[Si](C)(C)C(C)(C)C)cc1-3)c1ccc(S(=O)(=O)CCC)cc21. The Morgan fingerprint density at radius 1 is 0.291 bits per heavy atom. The van der Waals surface area contributed by atoms with Crippen molar-refractivity contribution in [1.29, 1.82) is 0 Å². The van der Waals surface area contributed by atoms with Gasteiger partial charge in [0.05, 0.1) is 45.2 Å². The van der Waals surface area contributed by atoms with Crippen molar-refractivity contribution in [3.8, 4) is 115 Å². The molecular weight excluding hydrogens is 1770 g/mol. The molecule has 0 aliphatic carbocycles. The summed E-state index contributed by atoms with van der Waals surface area (Å²) in [5, 5.41) is 4.82. The summed E-state index contributed by atoms with van der Waals surface area (Å²) in [6.07, 6.45) is 1.13. The molecule has 0 fully saturated rings. The molecule has 0 unspecified atom stereocenters. The van der Waals surface area contributed by atoms with Gasteiger partial charge in [-0.15, -0.1) is 0 Å².